The lowest BCUT2D eigenvalue weighted by Gasteiger charge is -2.16. The van der Waals surface area contributed by atoms with E-state index in [1.807, 2.05) is 48.4 Å². The van der Waals surface area contributed by atoms with E-state index in [0.717, 1.165) is 34.5 Å². The molecule has 0 bridgehead atoms. The average Bonchev–Trinajstić information content (AvgIpc) is 3.46. The van der Waals surface area contributed by atoms with Crippen LogP contribution >= 0.6 is 22.9 Å². The number of thiophene rings is 1. The molecular formula is C21H23ClN6OS. The highest BCUT2D eigenvalue weighted by atomic mass is 35.5. The molecule has 4 aromatic heterocycles. The largest absolute Gasteiger partial charge is 0.352 e. The highest BCUT2D eigenvalue weighted by molar-refractivity contribution is 7.13. The minimum Gasteiger partial charge on any atom is -0.352 e. The van der Waals surface area contributed by atoms with Crippen LogP contribution in [0.1, 0.15) is 41.9 Å². The molecule has 4 heterocycles. The molecule has 0 aliphatic carbocycles. The van der Waals surface area contributed by atoms with Crippen molar-refractivity contribution in [3.8, 4) is 10.6 Å². The lowest BCUT2D eigenvalue weighted by molar-refractivity contribution is 0.0952. The first-order valence-corrected chi connectivity index (χ1v) is 11.1. The zero-order valence-electron chi connectivity index (χ0n) is 17.1. The molecule has 1 amide bonds. The number of carbonyl (C=O) groups excluding carboxylic acids is 1. The van der Waals surface area contributed by atoms with E-state index in [1.165, 1.54) is 0 Å². The number of rotatable bonds is 7. The molecule has 0 spiro atoms. The van der Waals surface area contributed by atoms with E-state index in [2.05, 4.69) is 22.4 Å². The Morgan fingerprint density at radius 3 is 2.90 bits per heavy atom. The van der Waals surface area contributed by atoms with Crippen LogP contribution in [0, 0.1) is 6.92 Å². The van der Waals surface area contributed by atoms with Crippen LogP contribution < -0.4 is 5.32 Å². The number of nitrogens with zero attached hydrogens (tertiary/aromatic N) is 5. The van der Waals surface area contributed by atoms with Crippen molar-refractivity contribution in [3.05, 3.63) is 52.3 Å². The third-order valence-corrected chi connectivity index (χ3v) is 6.25. The zero-order valence-corrected chi connectivity index (χ0v) is 18.7. The summed E-state index contributed by atoms with van der Waals surface area (Å²) in [6.45, 7) is 4.53. The summed E-state index contributed by atoms with van der Waals surface area (Å²) in [4.78, 5) is 18.9. The predicted octanol–water partition coefficient (Wildman–Crippen LogP) is 4.63. The molecule has 4 aromatic rings. The SMILES string of the molecule is CCC(CCNC(=O)c1cc(-c2cccs2)nc2c1c(C)nn2C)n1cc(Cl)cn1. The monoisotopic (exact) mass is 442 g/mol. The standard InChI is InChI=1S/C21H23ClN6OS/c1-4-15(28-12-14(22)11-24-28)7-8-23-21(29)16-10-17(18-6-5-9-30-18)25-20-19(16)13(2)26-27(20)3/h5-6,9-12,15H,4,7-8H2,1-3H3,(H,23,29). The van der Waals surface area contributed by atoms with Crippen LogP contribution in [0.4, 0.5) is 0 Å². The van der Waals surface area contributed by atoms with Gasteiger partial charge in [-0.3, -0.25) is 14.2 Å². The third-order valence-electron chi connectivity index (χ3n) is 5.17. The van der Waals surface area contributed by atoms with Gasteiger partial charge in [0.25, 0.3) is 5.91 Å². The van der Waals surface area contributed by atoms with Gasteiger partial charge < -0.3 is 5.32 Å². The van der Waals surface area contributed by atoms with E-state index in [4.69, 9.17) is 16.6 Å². The Kier molecular flexibility index (Phi) is 5.87. The maximum Gasteiger partial charge on any atom is 0.252 e. The van der Waals surface area contributed by atoms with Gasteiger partial charge >= 0.3 is 0 Å². The molecule has 0 radical (unpaired) electrons. The van der Waals surface area contributed by atoms with Crippen LogP contribution in [0.15, 0.2) is 36.0 Å². The summed E-state index contributed by atoms with van der Waals surface area (Å²) in [5, 5.41) is 15.2. The summed E-state index contributed by atoms with van der Waals surface area (Å²) >= 11 is 7.59. The lowest BCUT2D eigenvalue weighted by atomic mass is 10.1. The molecule has 1 unspecified atom stereocenters. The van der Waals surface area contributed by atoms with E-state index >= 15 is 0 Å². The molecule has 0 fully saturated rings. The number of hydrogen-bond donors (Lipinski definition) is 1. The third kappa shape index (κ3) is 3.97. The topological polar surface area (TPSA) is 77.6 Å². The van der Waals surface area contributed by atoms with Gasteiger partial charge in [-0.05, 0) is 37.3 Å². The van der Waals surface area contributed by atoms with Gasteiger partial charge in [0.2, 0.25) is 0 Å². The minimum absolute atomic E-state index is 0.121. The second-order valence-electron chi connectivity index (χ2n) is 7.19. The number of fused-ring (bicyclic) bond motifs is 1. The van der Waals surface area contributed by atoms with Gasteiger partial charge in [0.15, 0.2) is 5.65 Å². The van der Waals surface area contributed by atoms with Crippen molar-refractivity contribution < 1.29 is 4.79 Å². The van der Waals surface area contributed by atoms with Crippen molar-refractivity contribution in [1.82, 2.24) is 29.9 Å². The van der Waals surface area contributed by atoms with Crippen molar-refractivity contribution in [2.24, 2.45) is 7.05 Å². The van der Waals surface area contributed by atoms with Crippen molar-refractivity contribution in [3.63, 3.8) is 0 Å². The first-order valence-electron chi connectivity index (χ1n) is 9.84. The van der Waals surface area contributed by atoms with Gasteiger partial charge in [-0.25, -0.2) is 4.98 Å². The molecule has 7 nitrogen and oxygen atoms in total. The molecule has 156 valence electrons. The molecule has 1 atom stereocenters. The number of hydrogen-bond acceptors (Lipinski definition) is 5. The van der Waals surface area contributed by atoms with Crippen molar-refractivity contribution >= 4 is 39.9 Å². The fraction of sp³-hybridized carbons (Fsp3) is 0.333. The summed E-state index contributed by atoms with van der Waals surface area (Å²) in [5.41, 5.74) is 2.88. The van der Waals surface area contributed by atoms with E-state index in [9.17, 15) is 4.79 Å². The molecule has 4 rings (SSSR count). The van der Waals surface area contributed by atoms with Gasteiger partial charge in [0, 0.05) is 19.8 Å². The Labute approximate surface area is 183 Å². The smallest absolute Gasteiger partial charge is 0.252 e. The van der Waals surface area contributed by atoms with Crippen LogP contribution in [0.25, 0.3) is 21.6 Å². The fourth-order valence-corrected chi connectivity index (χ4v) is 4.49. The van der Waals surface area contributed by atoms with Crippen molar-refractivity contribution in [2.45, 2.75) is 32.7 Å². The van der Waals surface area contributed by atoms with Gasteiger partial charge in [0.05, 0.1) is 44.5 Å². The summed E-state index contributed by atoms with van der Waals surface area (Å²) in [7, 11) is 1.85. The maximum absolute atomic E-state index is 13.1. The second-order valence-corrected chi connectivity index (χ2v) is 8.57. The maximum atomic E-state index is 13.1. The second kappa shape index (κ2) is 8.57. The Morgan fingerprint density at radius 2 is 2.23 bits per heavy atom. The number of amides is 1. The van der Waals surface area contributed by atoms with Gasteiger partial charge in [-0.2, -0.15) is 10.2 Å². The molecule has 0 aliphatic rings. The Morgan fingerprint density at radius 1 is 1.40 bits per heavy atom. The van der Waals surface area contributed by atoms with Crippen LogP contribution in [-0.4, -0.2) is 37.0 Å². The summed E-state index contributed by atoms with van der Waals surface area (Å²) < 4.78 is 3.59. The van der Waals surface area contributed by atoms with Gasteiger partial charge in [-0.15, -0.1) is 11.3 Å². The predicted molar refractivity (Wildman–Crippen MR) is 120 cm³/mol. The number of aryl methyl sites for hydroxylation is 2. The summed E-state index contributed by atoms with van der Waals surface area (Å²) in [5.74, 6) is -0.121. The number of nitrogens with one attached hydrogen (secondary N) is 1. The minimum atomic E-state index is -0.121. The van der Waals surface area contributed by atoms with Crippen LogP contribution in [0.5, 0.6) is 0 Å². The molecule has 0 aromatic carbocycles. The summed E-state index contributed by atoms with van der Waals surface area (Å²) in [6.07, 6.45) is 5.11. The molecule has 0 aliphatic heterocycles. The van der Waals surface area contributed by atoms with Crippen molar-refractivity contribution in [1.29, 1.82) is 0 Å². The molecule has 1 N–H and O–H groups in total. The quantitative estimate of drug-likeness (QED) is 0.452. The number of carbonyl (C=O) groups is 1. The number of pyridine rings is 1. The highest BCUT2D eigenvalue weighted by Crippen LogP contribution is 2.29. The molecule has 9 heteroatoms. The molecular weight excluding hydrogens is 420 g/mol. The van der Waals surface area contributed by atoms with E-state index < -0.39 is 0 Å². The Bertz CT molecular complexity index is 1180. The number of halogens is 1. The van der Waals surface area contributed by atoms with E-state index in [-0.39, 0.29) is 11.9 Å². The van der Waals surface area contributed by atoms with Crippen LogP contribution in [0.2, 0.25) is 5.02 Å². The average molecular weight is 443 g/mol. The normalized spacial score (nSPS) is 12.4. The van der Waals surface area contributed by atoms with Crippen LogP contribution in [0.3, 0.4) is 0 Å². The zero-order chi connectivity index (χ0) is 21.3. The number of aromatic nitrogens is 5. The van der Waals surface area contributed by atoms with E-state index in [1.54, 1.807) is 22.2 Å². The Hall–Kier alpha value is -2.71. The van der Waals surface area contributed by atoms with Gasteiger partial charge in [-0.1, -0.05) is 24.6 Å². The van der Waals surface area contributed by atoms with Gasteiger partial charge in [0.1, 0.15) is 0 Å². The molecule has 30 heavy (non-hydrogen) atoms. The molecule has 0 saturated carbocycles. The Balaban J connectivity index is 1.58. The lowest BCUT2D eigenvalue weighted by Crippen LogP contribution is -2.27. The highest BCUT2D eigenvalue weighted by Gasteiger charge is 2.20. The fourth-order valence-electron chi connectivity index (χ4n) is 3.66. The summed E-state index contributed by atoms with van der Waals surface area (Å²) in [6, 6.07) is 6.03. The van der Waals surface area contributed by atoms with Crippen LogP contribution in [-0.2, 0) is 7.05 Å². The van der Waals surface area contributed by atoms with Crippen molar-refractivity contribution in [2.75, 3.05) is 6.54 Å². The first-order chi connectivity index (χ1) is 14.5. The first kappa shape index (κ1) is 20.6. The van der Waals surface area contributed by atoms with E-state index in [0.29, 0.717) is 22.8 Å². The molecule has 0 saturated heterocycles.